The Morgan fingerprint density at radius 1 is 1.22 bits per heavy atom. The number of unbranched alkanes of at least 4 members (excludes halogenated alkanes) is 2. The number of hydrogen-bond acceptors (Lipinski definition) is 1. The molecule has 1 aromatic rings. The Labute approximate surface area is 104 Å². The van der Waals surface area contributed by atoms with Gasteiger partial charge < -0.3 is 5.73 Å². The molecular formula is C13H17F4N. The van der Waals surface area contributed by atoms with Gasteiger partial charge in [-0.05, 0) is 30.2 Å². The third kappa shape index (κ3) is 3.98. The molecule has 0 aliphatic carbocycles. The van der Waals surface area contributed by atoms with E-state index in [4.69, 9.17) is 5.73 Å². The number of rotatable bonds is 5. The summed E-state index contributed by atoms with van der Waals surface area (Å²) in [6.07, 6.45) is -1.45. The van der Waals surface area contributed by atoms with Crippen LogP contribution in [0.3, 0.4) is 0 Å². The molecule has 0 aromatic heterocycles. The summed E-state index contributed by atoms with van der Waals surface area (Å²) in [5.74, 6) is -0.691. The van der Waals surface area contributed by atoms with Gasteiger partial charge in [0.25, 0.3) is 0 Å². The highest BCUT2D eigenvalue weighted by molar-refractivity contribution is 5.32. The minimum absolute atomic E-state index is 0.154. The summed E-state index contributed by atoms with van der Waals surface area (Å²) < 4.78 is 51.3. The van der Waals surface area contributed by atoms with Crippen LogP contribution in [-0.2, 0) is 6.18 Å². The Bertz CT molecular complexity index is 387. The highest BCUT2D eigenvalue weighted by Crippen LogP contribution is 2.35. The lowest BCUT2D eigenvalue weighted by Gasteiger charge is -2.18. The molecule has 0 aliphatic rings. The van der Waals surface area contributed by atoms with Crippen molar-refractivity contribution in [3.63, 3.8) is 0 Å². The molecule has 5 heteroatoms. The summed E-state index contributed by atoms with van der Waals surface area (Å²) in [6, 6.07) is 1.68. The molecule has 1 atom stereocenters. The molecule has 0 radical (unpaired) electrons. The van der Waals surface area contributed by atoms with E-state index in [1.54, 1.807) is 0 Å². The first-order valence-electron chi connectivity index (χ1n) is 5.98. The molecule has 18 heavy (non-hydrogen) atoms. The minimum atomic E-state index is -4.49. The average molecular weight is 263 g/mol. The van der Waals surface area contributed by atoms with E-state index in [0.717, 1.165) is 37.5 Å². The molecule has 2 N–H and O–H groups in total. The van der Waals surface area contributed by atoms with Crippen LogP contribution >= 0.6 is 0 Å². The van der Waals surface area contributed by atoms with Crippen LogP contribution in [0.1, 0.15) is 49.8 Å². The first-order chi connectivity index (χ1) is 8.36. The van der Waals surface area contributed by atoms with Gasteiger partial charge in [0.1, 0.15) is 5.82 Å². The topological polar surface area (TPSA) is 26.0 Å². The van der Waals surface area contributed by atoms with Gasteiger partial charge in [-0.15, -0.1) is 0 Å². The van der Waals surface area contributed by atoms with Crippen LogP contribution < -0.4 is 5.73 Å². The molecule has 0 saturated heterocycles. The zero-order chi connectivity index (χ0) is 13.8. The van der Waals surface area contributed by atoms with E-state index in [9.17, 15) is 17.6 Å². The van der Waals surface area contributed by atoms with Crippen LogP contribution in [0.5, 0.6) is 0 Å². The monoisotopic (exact) mass is 263 g/mol. The number of benzene rings is 1. The fourth-order valence-electron chi connectivity index (χ4n) is 1.87. The van der Waals surface area contributed by atoms with Crippen LogP contribution in [-0.4, -0.2) is 0 Å². The Morgan fingerprint density at radius 3 is 2.44 bits per heavy atom. The van der Waals surface area contributed by atoms with Crippen LogP contribution in [0.4, 0.5) is 17.6 Å². The van der Waals surface area contributed by atoms with Crippen molar-refractivity contribution in [2.45, 2.75) is 44.8 Å². The van der Waals surface area contributed by atoms with Crippen molar-refractivity contribution in [2.75, 3.05) is 0 Å². The van der Waals surface area contributed by atoms with Crippen molar-refractivity contribution >= 4 is 0 Å². The average Bonchev–Trinajstić information content (AvgIpc) is 2.27. The van der Waals surface area contributed by atoms with Gasteiger partial charge in [0.2, 0.25) is 0 Å². The van der Waals surface area contributed by atoms with Crippen LogP contribution in [0, 0.1) is 5.82 Å². The van der Waals surface area contributed by atoms with Crippen molar-refractivity contribution in [3.8, 4) is 0 Å². The van der Waals surface area contributed by atoms with Crippen molar-refractivity contribution in [1.82, 2.24) is 0 Å². The Kier molecular flexibility index (Phi) is 5.14. The molecule has 1 rings (SSSR count). The van der Waals surface area contributed by atoms with Gasteiger partial charge in [0.05, 0.1) is 5.56 Å². The quantitative estimate of drug-likeness (QED) is 0.617. The standard InChI is InChI=1S/C13H17F4N/c1-2-3-4-5-12(18)10-8-9(14)6-7-11(10)13(15,16)17/h6-8,12H,2-5,18H2,1H3/t12-/m0/s1. The van der Waals surface area contributed by atoms with Crippen molar-refractivity contribution in [2.24, 2.45) is 5.73 Å². The maximum absolute atomic E-state index is 13.1. The van der Waals surface area contributed by atoms with Crippen molar-refractivity contribution < 1.29 is 17.6 Å². The van der Waals surface area contributed by atoms with Gasteiger partial charge in [-0.2, -0.15) is 13.2 Å². The molecular weight excluding hydrogens is 246 g/mol. The molecule has 0 aliphatic heterocycles. The summed E-state index contributed by atoms with van der Waals surface area (Å²) >= 11 is 0. The van der Waals surface area contributed by atoms with E-state index in [2.05, 4.69) is 0 Å². The van der Waals surface area contributed by atoms with Gasteiger partial charge in [-0.25, -0.2) is 4.39 Å². The predicted molar refractivity (Wildman–Crippen MR) is 62.5 cm³/mol. The van der Waals surface area contributed by atoms with E-state index in [1.165, 1.54) is 0 Å². The molecule has 0 heterocycles. The summed E-state index contributed by atoms with van der Waals surface area (Å²) in [6.45, 7) is 1.99. The lowest BCUT2D eigenvalue weighted by molar-refractivity contribution is -0.138. The number of hydrogen-bond donors (Lipinski definition) is 1. The fourth-order valence-corrected chi connectivity index (χ4v) is 1.87. The molecule has 0 unspecified atom stereocenters. The first kappa shape index (κ1) is 15.0. The lowest BCUT2D eigenvalue weighted by Crippen LogP contribution is -2.18. The molecule has 0 amide bonds. The molecule has 0 spiro atoms. The third-order valence-corrected chi connectivity index (χ3v) is 2.84. The predicted octanol–water partition coefficient (Wildman–Crippen LogP) is 4.42. The third-order valence-electron chi connectivity index (χ3n) is 2.84. The van der Waals surface area contributed by atoms with Gasteiger partial charge in [0.15, 0.2) is 0 Å². The van der Waals surface area contributed by atoms with Gasteiger partial charge in [-0.3, -0.25) is 0 Å². The fraction of sp³-hybridized carbons (Fsp3) is 0.538. The maximum Gasteiger partial charge on any atom is 0.416 e. The minimum Gasteiger partial charge on any atom is -0.324 e. The van der Waals surface area contributed by atoms with Gasteiger partial charge in [0, 0.05) is 6.04 Å². The van der Waals surface area contributed by atoms with E-state index in [-0.39, 0.29) is 5.56 Å². The molecule has 1 aromatic carbocycles. The molecule has 1 nitrogen and oxygen atoms in total. The zero-order valence-electron chi connectivity index (χ0n) is 10.2. The summed E-state index contributed by atoms with van der Waals surface area (Å²) in [5.41, 5.74) is 4.74. The van der Waals surface area contributed by atoms with E-state index in [0.29, 0.717) is 6.42 Å². The summed E-state index contributed by atoms with van der Waals surface area (Å²) in [7, 11) is 0. The maximum atomic E-state index is 13.1. The highest BCUT2D eigenvalue weighted by atomic mass is 19.4. The largest absolute Gasteiger partial charge is 0.416 e. The zero-order valence-corrected chi connectivity index (χ0v) is 10.2. The smallest absolute Gasteiger partial charge is 0.324 e. The molecule has 0 bridgehead atoms. The van der Waals surface area contributed by atoms with E-state index in [1.807, 2.05) is 6.92 Å². The van der Waals surface area contributed by atoms with Crippen molar-refractivity contribution in [3.05, 3.63) is 35.1 Å². The molecule has 102 valence electrons. The van der Waals surface area contributed by atoms with Gasteiger partial charge >= 0.3 is 6.18 Å². The normalized spacial score (nSPS) is 13.7. The van der Waals surface area contributed by atoms with E-state index < -0.39 is 23.6 Å². The van der Waals surface area contributed by atoms with Crippen molar-refractivity contribution in [1.29, 1.82) is 0 Å². The Balaban J connectivity index is 2.94. The number of alkyl halides is 3. The highest BCUT2D eigenvalue weighted by Gasteiger charge is 2.34. The summed E-state index contributed by atoms with van der Waals surface area (Å²) in [5, 5.41) is 0. The van der Waals surface area contributed by atoms with Gasteiger partial charge in [-0.1, -0.05) is 26.2 Å². The number of nitrogens with two attached hydrogens (primary N) is 1. The van der Waals surface area contributed by atoms with E-state index >= 15 is 0 Å². The Hall–Kier alpha value is -1.10. The van der Waals surface area contributed by atoms with Crippen LogP contribution in [0.25, 0.3) is 0 Å². The first-order valence-corrected chi connectivity index (χ1v) is 5.98. The summed E-state index contributed by atoms with van der Waals surface area (Å²) in [4.78, 5) is 0. The Morgan fingerprint density at radius 2 is 1.89 bits per heavy atom. The number of halogens is 4. The second kappa shape index (κ2) is 6.18. The van der Waals surface area contributed by atoms with Crippen LogP contribution in [0.2, 0.25) is 0 Å². The SMILES string of the molecule is CCCCC[C@H](N)c1cc(F)ccc1C(F)(F)F. The second-order valence-electron chi connectivity index (χ2n) is 4.33. The van der Waals surface area contributed by atoms with Crippen LogP contribution in [0.15, 0.2) is 18.2 Å². The molecule has 0 fully saturated rings. The second-order valence-corrected chi connectivity index (χ2v) is 4.33. The lowest BCUT2D eigenvalue weighted by atomic mass is 9.96. The molecule has 0 saturated carbocycles.